The predicted octanol–water partition coefficient (Wildman–Crippen LogP) is 0.701. The van der Waals surface area contributed by atoms with Gasteiger partial charge in [-0.15, -0.1) is 0 Å². The van der Waals surface area contributed by atoms with E-state index in [1.165, 1.54) is 19.5 Å². The molecule has 2 rings (SSSR count). The van der Waals surface area contributed by atoms with Crippen LogP contribution >= 0.6 is 0 Å². The van der Waals surface area contributed by atoms with Gasteiger partial charge in [0, 0.05) is 25.0 Å². The number of rotatable bonds is 2. The Kier molecular flexibility index (Phi) is 2.28. The molecular weight excluding hydrogens is 164 g/mol. The van der Waals surface area contributed by atoms with Crippen LogP contribution in [0.2, 0.25) is 0 Å². The Morgan fingerprint density at radius 1 is 1.38 bits per heavy atom. The van der Waals surface area contributed by atoms with E-state index in [1.807, 2.05) is 4.90 Å². The minimum Gasteiger partial charge on any atom is -0.339 e. The summed E-state index contributed by atoms with van der Waals surface area (Å²) in [6.45, 7) is 7.54. The lowest BCUT2D eigenvalue weighted by molar-refractivity contribution is -0.129. The molecule has 1 atom stereocenters. The van der Waals surface area contributed by atoms with Crippen molar-refractivity contribution in [3.8, 4) is 0 Å². The molecule has 0 spiro atoms. The quantitative estimate of drug-likeness (QED) is 0.627. The van der Waals surface area contributed by atoms with E-state index in [0.29, 0.717) is 18.0 Å². The highest BCUT2D eigenvalue weighted by atomic mass is 16.2. The van der Waals surface area contributed by atoms with Gasteiger partial charge in [-0.2, -0.15) is 0 Å². The summed E-state index contributed by atoms with van der Waals surface area (Å²) in [7, 11) is 0. The highest BCUT2D eigenvalue weighted by Crippen LogP contribution is 2.22. The Hall–Kier alpha value is -0.570. The Morgan fingerprint density at radius 2 is 2.08 bits per heavy atom. The van der Waals surface area contributed by atoms with Gasteiger partial charge in [-0.25, -0.2) is 0 Å². The summed E-state index contributed by atoms with van der Waals surface area (Å²) in [4.78, 5) is 16.0. The van der Waals surface area contributed by atoms with Crippen molar-refractivity contribution in [3.05, 3.63) is 0 Å². The van der Waals surface area contributed by atoms with Crippen LogP contribution in [0, 0.1) is 0 Å². The molecule has 3 heteroatoms. The first kappa shape index (κ1) is 9.00. The number of hydrogen-bond donors (Lipinski definition) is 0. The number of nitrogens with zero attached hydrogens (tertiary/aromatic N) is 2. The average molecular weight is 182 g/mol. The van der Waals surface area contributed by atoms with E-state index in [-0.39, 0.29) is 0 Å². The van der Waals surface area contributed by atoms with Crippen molar-refractivity contribution in [1.82, 2.24) is 9.80 Å². The molecule has 0 aromatic rings. The third kappa shape index (κ3) is 1.57. The molecule has 2 heterocycles. The fourth-order valence-electron chi connectivity index (χ4n) is 2.16. The molecule has 0 aromatic heterocycles. The lowest BCUT2D eigenvalue weighted by Crippen LogP contribution is -2.46. The maximum absolute atomic E-state index is 11.6. The molecule has 0 saturated carbocycles. The van der Waals surface area contributed by atoms with E-state index in [4.69, 9.17) is 0 Å². The fraction of sp³-hybridized carbons (Fsp3) is 0.900. The summed E-state index contributed by atoms with van der Waals surface area (Å²) in [5.74, 6) is 0.340. The first-order chi connectivity index (χ1) is 6.18. The summed E-state index contributed by atoms with van der Waals surface area (Å²) in [5, 5.41) is 0. The second-order valence-electron chi connectivity index (χ2n) is 4.39. The monoisotopic (exact) mass is 182 g/mol. The number of amides is 1. The molecule has 2 aliphatic rings. The standard InChI is InChI=1S/C10H18N2O/c1-8(2)12-7-9(6-10(12)13)11-4-3-5-11/h8-9H,3-7H2,1-2H3/t9-/m0/s1. The zero-order valence-electron chi connectivity index (χ0n) is 8.49. The topological polar surface area (TPSA) is 23.6 Å². The number of carbonyl (C=O) groups excluding carboxylic acids is 1. The van der Waals surface area contributed by atoms with Crippen molar-refractivity contribution in [3.63, 3.8) is 0 Å². The van der Waals surface area contributed by atoms with Crippen LogP contribution in [0.25, 0.3) is 0 Å². The first-order valence-corrected chi connectivity index (χ1v) is 5.22. The van der Waals surface area contributed by atoms with Crippen molar-refractivity contribution in [2.24, 2.45) is 0 Å². The molecule has 13 heavy (non-hydrogen) atoms. The highest BCUT2D eigenvalue weighted by Gasteiger charge is 2.36. The van der Waals surface area contributed by atoms with Gasteiger partial charge in [0.2, 0.25) is 5.91 Å². The van der Waals surface area contributed by atoms with E-state index in [2.05, 4.69) is 18.7 Å². The second-order valence-corrected chi connectivity index (χ2v) is 4.39. The average Bonchev–Trinajstić information content (AvgIpc) is 2.27. The van der Waals surface area contributed by atoms with Gasteiger partial charge in [-0.1, -0.05) is 0 Å². The Balaban J connectivity index is 1.93. The number of hydrogen-bond acceptors (Lipinski definition) is 2. The normalized spacial score (nSPS) is 29.9. The van der Waals surface area contributed by atoms with E-state index in [1.54, 1.807) is 0 Å². The zero-order valence-corrected chi connectivity index (χ0v) is 8.49. The fourth-order valence-corrected chi connectivity index (χ4v) is 2.16. The Morgan fingerprint density at radius 3 is 2.46 bits per heavy atom. The van der Waals surface area contributed by atoms with Gasteiger partial charge >= 0.3 is 0 Å². The summed E-state index contributed by atoms with van der Waals surface area (Å²) < 4.78 is 0. The molecule has 0 N–H and O–H groups in total. The third-order valence-corrected chi connectivity index (χ3v) is 3.17. The van der Waals surface area contributed by atoms with Crippen LogP contribution in [0.15, 0.2) is 0 Å². The van der Waals surface area contributed by atoms with Crippen molar-refractivity contribution in [2.45, 2.75) is 38.8 Å². The molecule has 0 aliphatic carbocycles. The maximum atomic E-state index is 11.6. The van der Waals surface area contributed by atoms with Crippen molar-refractivity contribution < 1.29 is 4.79 Å². The summed E-state index contributed by atoms with van der Waals surface area (Å²) in [6.07, 6.45) is 2.06. The SMILES string of the molecule is CC(C)N1C[C@@H](N2CCC2)CC1=O. The van der Waals surface area contributed by atoms with Crippen LogP contribution in [0.1, 0.15) is 26.7 Å². The van der Waals surface area contributed by atoms with Crippen LogP contribution in [0.4, 0.5) is 0 Å². The van der Waals surface area contributed by atoms with E-state index >= 15 is 0 Å². The van der Waals surface area contributed by atoms with Gasteiger partial charge in [-0.05, 0) is 33.4 Å². The van der Waals surface area contributed by atoms with E-state index in [0.717, 1.165) is 13.0 Å². The molecule has 0 bridgehead atoms. The Labute approximate surface area is 79.7 Å². The Bertz CT molecular complexity index is 211. The van der Waals surface area contributed by atoms with E-state index < -0.39 is 0 Å². The molecule has 3 nitrogen and oxygen atoms in total. The third-order valence-electron chi connectivity index (χ3n) is 3.17. The molecule has 74 valence electrons. The van der Waals surface area contributed by atoms with Gasteiger partial charge in [0.05, 0.1) is 0 Å². The predicted molar refractivity (Wildman–Crippen MR) is 51.4 cm³/mol. The zero-order chi connectivity index (χ0) is 9.42. The molecule has 2 aliphatic heterocycles. The van der Waals surface area contributed by atoms with Crippen LogP contribution in [-0.2, 0) is 4.79 Å². The molecular formula is C10H18N2O. The lowest BCUT2D eigenvalue weighted by Gasteiger charge is -2.36. The molecule has 0 unspecified atom stereocenters. The van der Waals surface area contributed by atoms with Crippen molar-refractivity contribution >= 4 is 5.91 Å². The van der Waals surface area contributed by atoms with Crippen molar-refractivity contribution in [1.29, 1.82) is 0 Å². The van der Waals surface area contributed by atoms with E-state index in [9.17, 15) is 4.79 Å². The van der Waals surface area contributed by atoms with Gasteiger partial charge < -0.3 is 4.90 Å². The molecule has 0 aromatic carbocycles. The molecule has 0 radical (unpaired) electrons. The maximum Gasteiger partial charge on any atom is 0.224 e. The number of likely N-dealkylation sites (tertiary alicyclic amines) is 2. The molecule has 1 amide bonds. The van der Waals surface area contributed by atoms with Gasteiger partial charge in [-0.3, -0.25) is 9.69 Å². The minimum absolute atomic E-state index is 0.340. The van der Waals surface area contributed by atoms with Crippen LogP contribution < -0.4 is 0 Å². The van der Waals surface area contributed by atoms with Crippen LogP contribution in [0.3, 0.4) is 0 Å². The minimum atomic E-state index is 0.340. The number of carbonyl (C=O) groups is 1. The molecule has 2 saturated heterocycles. The lowest BCUT2D eigenvalue weighted by atomic mass is 10.1. The highest BCUT2D eigenvalue weighted by molar-refractivity contribution is 5.79. The summed E-state index contributed by atoms with van der Waals surface area (Å²) >= 11 is 0. The largest absolute Gasteiger partial charge is 0.339 e. The van der Waals surface area contributed by atoms with Crippen LogP contribution in [0.5, 0.6) is 0 Å². The second kappa shape index (κ2) is 3.29. The van der Waals surface area contributed by atoms with Gasteiger partial charge in [0.25, 0.3) is 0 Å². The van der Waals surface area contributed by atoms with Gasteiger partial charge in [0.1, 0.15) is 0 Å². The van der Waals surface area contributed by atoms with Crippen molar-refractivity contribution in [2.75, 3.05) is 19.6 Å². The van der Waals surface area contributed by atoms with Crippen LogP contribution in [-0.4, -0.2) is 47.4 Å². The summed E-state index contributed by atoms with van der Waals surface area (Å²) in [5.41, 5.74) is 0. The summed E-state index contributed by atoms with van der Waals surface area (Å²) in [6, 6.07) is 0.891. The smallest absolute Gasteiger partial charge is 0.224 e. The molecule has 2 fully saturated rings. The van der Waals surface area contributed by atoms with Gasteiger partial charge in [0.15, 0.2) is 0 Å². The first-order valence-electron chi connectivity index (χ1n) is 5.22.